The van der Waals surface area contributed by atoms with Gasteiger partial charge in [-0.15, -0.1) is 0 Å². The van der Waals surface area contributed by atoms with Crippen LogP contribution in [0.25, 0.3) is 0 Å². The SMILES string of the molecule is CN(CCc1ccccn1)C(=O)C[C@@H]1CCN2C[C@@H]1CCCOc1ccccc1CN(CC1CC1)CC2=O. The summed E-state index contributed by atoms with van der Waals surface area (Å²) in [5.74, 6) is 2.68. The molecule has 7 nitrogen and oxygen atoms in total. The number of fused-ring (bicyclic) bond motifs is 3. The van der Waals surface area contributed by atoms with Crippen molar-refractivity contribution < 1.29 is 14.3 Å². The fraction of sp³-hybridized carbons (Fsp3) is 0.581. The number of benzene rings is 1. The summed E-state index contributed by atoms with van der Waals surface area (Å²) in [6.07, 6.45) is 8.41. The lowest BCUT2D eigenvalue weighted by Gasteiger charge is -2.39. The van der Waals surface area contributed by atoms with Gasteiger partial charge in [0.1, 0.15) is 5.75 Å². The summed E-state index contributed by atoms with van der Waals surface area (Å²) >= 11 is 0. The molecule has 2 aromatic rings. The molecule has 38 heavy (non-hydrogen) atoms. The molecule has 1 saturated carbocycles. The Balaban J connectivity index is 1.23. The smallest absolute Gasteiger partial charge is 0.236 e. The molecule has 2 bridgehead atoms. The number of para-hydroxylation sites is 1. The van der Waals surface area contributed by atoms with Crippen LogP contribution in [0.2, 0.25) is 0 Å². The van der Waals surface area contributed by atoms with Gasteiger partial charge in [-0.1, -0.05) is 24.3 Å². The number of carbonyl (C=O) groups is 2. The van der Waals surface area contributed by atoms with Crippen molar-refractivity contribution in [3.63, 3.8) is 0 Å². The molecule has 3 aliphatic rings. The number of ether oxygens (including phenoxy) is 1. The number of rotatable bonds is 7. The first-order valence-corrected chi connectivity index (χ1v) is 14.4. The number of piperidine rings is 1. The number of hydrogen-bond acceptors (Lipinski definition) is 5. The lowest BCUT2D eigenvalue weighted by Crippen LogP contribution is -2.48. The fourth-order valence-electron chi connectivity index (χ4n) is 5.92. The maximum absolute atomic E-state index is 13.5. The van der Waals surface area contributed by atoms with Crippen molar-refractivity contribution in [2.45, 2.75) is 51.5 Å². The first kappa shape index (κ1) is 26.7. The highest BCUT2D eigenvalue weighted by Gasteiger charge is 2.34. The molecule has 2 fully saturated rings. The first-order valence-electron chi connectivity index (χ1n) is 14.4. The Bertz CT molecular complexity index is 1070. The summed E-state index contributed by atoms with van der Waals surface area (Å²) in [6, 6.07) is 14.2. The zero-order chi connectivity index (χ0) is 26.3. The quantitative estimate of drug-likeness (QED) is 0.554. The molecular weight excluding hydrogens is 476 g/mol. The second-order valence-electron chi connectivity index (χ2n) is 11.5. The van der Waals surface area contributed by atoms with Gasteiger partial charge in [0.25, 0.3) is 0 Å². The van der Waals surface area contributed by atoms with Gasteiger partial charge in [0.15, 0.2) is 0 Å². The van der Waals surface area contributed by atoms with E-state index in [0.29, 0.717) is 43.9 Å². The number of hydrogen-bond donors (Lipinski definition) is 0. The van der Waals surface area contributed by atoms with Crippen LogP contribution in [0.5, 0.6) is 5.75 Å². The van der Waals surface area contributed by atoms with Crippen LogP contribution in [0.15, 0.2) is 48.7 Å². The molecule has 7 heteroatoms. The molecule has 1 saturated heterocycles. The molecular formula is C31H42N4O3. The zero-order valence-electron chi connectivity index (χ0n) is 22.8. The average Bonchev–Trinajstić information content (AvgIpc) is 3.75. The van der Waals surface area contributed by atoms with E-state index in [9.17, 15) is 9.59 Å². The van der Waals surface area contributed by atoms with Gasteiger partial charge in [-0.3, -0.25) is 19.5 Å². The summed E-state index contributed by atoms with van der Waals surface area (Å²) in [5, 5.41) is 0. The van der Waals surface area contributed by atoms with E-state index in [1.165, 1.54) is 12.8 Å². The van der Waals surface area contributed by atoms with Gasteiger partial charge in [0.2, 0.25) is 11.8 Å². The number of amides is 2. The van der Waals surface area contributed by atoms with E-state index in [1.807, 2.05) is 36.2 Å². The predicted molar refractivity (Wildman–Crippen MR) is 148 cm³/mol. The molecule has 1 aliphatic carbocycles. The number of likely N-dealkylation sites (N-methyl/N-ethyl adjacent to an activating group) is 1. The molecule has 0 spiro atoms. The monoisotopic (exact) mass is 518 g/mol. The van der Waals surface area contributed by atoms with Crippen LogP contribution in [0, 0.1) is 17.8 Å². The fourth-order valence-corrected chi connectivity index (χ4v) is 5.92. The molecule has 0 unspecified atom stereocenters. The third-order valence-corrected chi connectivity index (χ3v) is 8.45. The largest absolute Gasteiger partial charge is 0.493 e. The van der Waals surface area contributed by atoms with Gasteiger partial charge in [-0.2, -0.15) is 0 Å². The van der Waals surface area contributed by atoms with Gasteiger partial charge >= 0.3 is 0 Å². The van der Waals surface area contributed by atoms with Crippen molar-refractivity contribution in [1.29, 1.82) is 0 Å². The number of carbonyl (C=O) groups excluding carboxylic acids is 2. The van der Waals surface area contributed by atoms with Crippen molar-refractivity contribution >= 4 is 11.8 Å². The lowest BCUT2D eigenvalue weighted by atomic mass is 9.80. The highest BCUT2D eigenvalue weighted by molar-refractivity contribution is 5.79. The van der Waals surface area contributed by atoms with Crippen LogP contribution in [-0.4, -0.2) is 77.9 Å². The third-order valence-electron chi connectivity index (χ3n) is 8.45. The van der Waals surface area contributed by atoms with E-state index in [1.54, 1.807) is 6.20 Å². The van der Waals surface area contributed by atoms with Crippen LogP contribution < -0.4 is 4.74 Å². The average molecular weight is 519 g/mol. The second kappa shape index (κ2) is 12.7. The summed E-state index contributed by atoms with van der Waals surface area (Å²) in [5.41, 5.74) is 2.17. The van der Waals surface area contributed by atoms with E-state index in [0.717, 1.165) is 68.9 Å². The first-order chi connectivity index (χ1) is 18.5. The Labute approximate surface area is 227 Å². The summed E-state index contributed by atoms with van der Waals surface area (Å²) < 4.78 is 6.26. The summed E-state index contributed by atoms with van der Waals surface area (Å²) in [7, 11) is 1.90. The molecule has 5 rings (SSSR count). The van der Waals surface area contributed by atoms with Crippen molar-refractivity contribution in [3.8, 4) is 5.75 Å². The van der Waals surface area contributed by atoms with Gasteiger partial charge in [-0.05, 0) is 68.1 Å². The highest BCUT2D eigenvalue weighted by atomic mass is 16.5. The minimum absolute atomic E-state index is 0.189. The molecule has 0 N–H and O–H groups in total. The van der Waals surface area contributed by atoms with Crippen LogP contribution in [0.1, 0.15) is 49.8 Å². The Morgan fingerprint density at radius 2 is 1.92 bits per heavy atom. The van der Waals surface area contributed by atoms with E-state index < -0.39 is 0 Å². The van der Waals surface area contributed by atoms with Gasteiger partial charge in [0.05, 0.1) is 13.2 Å². The molecule has 1 aromatic carbocycles. The van der Waals surface area contributed by atoms with Crippen LogP contribution in [0.4, 0.5) is 0 Å². The number of aromatic nitrogens is 1. The molecule has 1 aromatic heterocycles. The zero-order valence-corrected chi connectivity index (χ0v) is 22.8. The van der Waals surface area contributed by atoms with Gasteiger partial charge in [0, 0.05) is 70.1 Å². The maximum Gasteiger partial charge on any atom is 0.236 e. The number of pyridine rings is 1. The standard InChI is InChI=1S/C31H42N4O3/c1-33(16-14-28-9-4-5-15-32-28)30(36)19-25-13-17-35-22-26(25)8-6-18-38-29-10-3-2-7-27(29)21-34(23-31(35)37)20-24-11-12-24/h2-5,7,9-10,15,24-26H,6,8,11-14,16-23H2,1H3/t25-,26-/m0/s1. The van der Waals surface area contributed by atoms with E-state index in [2.05, 4.69) is 33.0 Å². The molecule has 2 amide bonds. The minimum atomic E-state index is 0.189. The van der Waals surface area contributed by atoms with Crippen LogP contribution in [-0.2, 0) is 22.6 Å². The Morgan fingerprint density at radius 3 is 2.74 bits per heavy atom. The molecule has 204 valence electrons. The van der Waals surface area contributed by atoms with Crippen molar-refractivity contribution in [2.75, 3.05) is 46.4 Å². The lowest BCUT2D eigenvalue weighted by molar-refractivity contribution is -0.136. The molecule has 3 heterocycles. The van der Waals surface area contributed by atoms with Gasteiger partial charge in [-0.25, -0.2) is 0 Å². The Hall–Kier alpha value is -2.93. The Morgan fingerprint density at radius 1 is 1.08 bits per heavy atom. The molecule has 2 aliphatic heterocycles. The maximum atomic E-state index is 13.5. The molecule has 0 radical (unpaired) electrons. The number of nitrogens with zero attached hydrogens (tertiary/aromatic N) is 4. The summed E-state index contributed by atoms with van der Waals surface area (Å²) in [6.45, 7) is 5.00. The van der Waals surface area contributed by atoms with Crippen molar-refractivity contribution in [3.05, 3.63) is 59.9 Å². The minimum Gasteiger partial charge on any atom is -0.493 e. The van der Waals surface area contributed by atoms with Crippen molar-refractivity contribution in [2.24, 2.45) is 17.8 Å². The second-order valence-corrected chi connectivity index (χ2v) is 11.5. The Kier molecular flexibility index (Phi) is 8.94. The predicted octanol–water partition coefficient (Wildman–Crippen LogP) is 4.02. The normalized spacial score (nSPS) is 22.9. The van der Waals surface area contributed by atoms with E-state index >= 15 is 0 Å². The van der Waals surface area contributed by atoms with Gasteiger partial charge < -0.3 is 14.5 Å². The third kappa shape index (κ3) is 7.34. The van der Waals surface area contributed by atoms with E-state index in [-0.39, 0.29) is 11.8 Å². The van der Waals surface area contributed by atoms with E-state index in [4.69, 9.17) is 4.74 Å². The van der Waals surface area contributed by atoms with Crippen LogP contribution in [0.3, 0.4) is 0 Å². The summed E-state index contributed by atoms with van der Waals surface area (Å²) in [4.78, 5) is 37.3. The van der Waals surface area contributed by atoms with Crippen LogP contribution >= 0.6 is 0 Å². The highest BCUT2D eigenvalue weighted by Crippen LogP contribution is 2.33. The molecule has 2 atom stereocenters. The topological polar surface area (TPSA) is 66.0 Å². The van der Waals surface area contributed by atoms with Crippen molar-refractivity contribution in [1.82, 2.24) is 19.7 Å².